The van der Waals surface area contributed by atoms with Crippen molar-refractivity contribution in [3.63, 3.8) is 0 Å². The average Bonchev–Trinajstić information content (AvgIpc) is 1.25. The van der Waals surface area contributed by atoms with E-state index in [9.17, 15) is 0 Å². The molecule has 0 bridgehead atoms. The molecule has 0 radical (unpaired) electrons. The van der Waals surface area contributed by atoms with E-state index in [0.29, 0.717) is 0 Å². The molecule has 0 heterocycles. The molecule has 0 rings (SSSR count). The zero-order valence-corrected chi connectivity index (χ0v) is 7.00. The Hall–Kier alpha value is 0.217. The summed E-state index contributed by atoms with van der Waals surface area (Å²) in [5.74, 6) is 0. The van der Waals surface area contributed by atoms with Gasteiger partial charge in [0.1, 0.15) is 0 Å². The quantitative estimate of drug-likeness (QED) is 0.463. The van der Waals surface area contributed by atoms with Gasteiger partial charge in [0.2, 0.25) is 0 Å². The first-order valence-electron chi connectivity index (χ1n) is 3.25. The van der Waals surface area contributed by atoms with Gasteiger partial charge in [0.25, 0.3) is 0 Å². The van der Waals surface area contributed by atoms with E-state index >= 15 is 0 Å². The standard InChI is InChI=1S/C6H16Si/c1-6(2)7(3,4)5/h6H,1-5H3/i6D. The van der Waals surface area contributed by atoms with Crippen LogP contribution in [-0.2, 0) is 0 Å². The van der Waals surface area contributed by atoms with Crippen molar-refractivity contribution < 1.29 is 1.37 Å². The number of hydrogen-bond acceptors (Lipinski definition) is 0. The first-order chi connectivity index (χ1) is 3.25. The van der Waals surface area contributed by atoms with Crippen LogP contribution >= 0.6 is 0 Å². The molecular formula is C6H16Si. The molecule has 0 saturated carbocycles. The van der Waals surface area contributed by atoms with Gasteiger partial charge in [-0.1, -0.05) is 39.0 Å². The van der Waals surface area contributed by atoms with Crippen molar-refractivity contribution >= 4 is 8.07 Å². The van der Waals surface area contributed by atoms with Crippen molar-refractivity contribution in [1.82, 2.24) is 0 Å². The van der Waals surface area contributed by atoms with E-state index in [2.05, 4.69) is 19.6 Å². The van der Waals surface area contributed by atoms with Crippen LogP contribution in [0.15, 0.2) is 0 Å². The fourth-order valence-electron chi connectivity index (χ4n) is 0. The summed E-state index contributed by atoms with van der Waals surface area (Å²) < 4.78 is 7.65. The van der Waals surface area contributed by atoms with Gasteiger partial charge in [-0.05, 0) is 0 Å². The van der Waals surface area contributed by atoms with Crippen LogP contribution in [0, 0.1) is 0 Å². The monoisotopic (exact) mass is 117 g/mol. The Kier molecular flexibility index (Phi) is 1.52. The van der Waals surface area contributed by atoms with Crippen LogP contribution in [0.5, 0.6) is 0 Å². The minimum absolute atomic E-state index is 0.174. The lowest BCUT2D eigenvalue weighted by Crippen LogP contribution is -2.23. The van der Waals surface area contributed by atoms with Crippen molar-refractivity contribution in [3.05, 3.63) is 0 Å². The predicted molar refractivity (Wildman–Crippen MR) is 38.4 cm³/mol. The second-order valence-electron chi connectivity index (χ2n) is 3.25. The molecule has 0 aliphatic rings. The molecule has 0 saturated heterocycles. The van der Waals surface area contributed by atoms with Crippen molar-refractivity contribution in [3.8, 4) is 0 Å². The van der Waals surface area contributed by atoms with Crippen LogP contribution < -0.4 is 0 Å². The Bertz CT molecular complexity index is 63.5. The van der Waals surface area contributed by atoms with Crippen molar-refractivity contribution in [2.45, 2.75) is 39.0 Å². The highest BCUT2D eigenvalue weighted by molar-refractivity contribution is 6.77. The van der Waals surface area contributed by atoms with Gasteiger partial charge in [-0.3, -0.25) is 0 Å². The molecule has 0 aromatic rings. The molecule has 0 amide bonds. The number of rotatable bonds is 1. The first-order valence-corrected chi connectivity index (χ1v) is 6.25. The topological polar surface area (TPSA) is 0 Å². The lowest BCUT2D eigenvalue weighted by molar-refractivity contribution is 1.01. The average molecular weight is 117 g/mol. The fourth-order valence-corrected chi connectivity index (χ4v) is 0. The van der Waals surface area contributed by atoms with E-state index < -0.39 is 8.07 Å². The van der Waals surface area contributed by atoms with E-state index in [-0.39, 0.29) is 5.52 Å². The van der Waals surface area contributed by atoms with Crippen molar-refractivity contribution in [2.75, 3.05) is 0 Å². The summed E-state index contributed by atoms with van der Waals surface area (Å²) in [5, 5.41) is 0. The second kappa shape index (κ2) is 1.99. The molecule has 0 spiro atoms. The Balaban J connectivity index is 4.02. The molecule has 0 unspecified atom stereocenters. The molecule has 0 aromatic carbocycles. The summed E-state index contributed by atoms with van der Waals surface area (Å²) in [6.45, 7) is 10.7. The van der Waals surface area contributed by atoms with Crippen LogP contribution in [0.4, 0.5) is 0 Å². The molecule has 44 valence electrons. The normalized spacial score (nSPS) is 16.4. The summed E-state index contributed by atoms with van der Waals surface area (Å²) in [6.07, 6.45) is 0. The molecule has 7 heavy (non-hydrogen) atoms. The van der Waals surface area contributed by atoms with E-state index in [1.54, 1.807) is 0 Å². The predicted octanol–water partition coefficient (Wildman–Crippen LogP) is 2.73. The maximum absolute atomic E-state index is 7.65. The van der Waals surface area contributed by atoms with Gasteiger partial charge in [-0.25, -0.2) is 0 Å². The summed E-state index contributed by atoms with van der Waals surface area (Å²) in [7, 11) is -1.19. The fraction of sp³-hybridized carbons (Fsp3) is 1.00. The van der Waals surface area contributed by atoms with E-state index in [4.69, 9.17) is 1.37 Å². The minimum Gasteiger partial charge on any atom is -0.0694 e. The SMILES string of the molecule is [2H]C(C)(C)[Si](C)(C)C. The van der Waals surface area contributed by atoms with Gasteiger partial charge in [-0.15, -0.1) is 0 Å². The molecule has 0 N–H and O–H groups in total. The van der Waals surface area contributed by atoms with E-state index in [0.717, 1.165) is 0 Å². The molecule has 0 aliphatic carbocycles. The summed E-state index contributed by atoms with van der Waals surface area (Å²) >= 11 is 0. The zero-order chi connectivity index (χ0) is 7.00. The van der Waals surface area contributed by atoms with E-state index in [1.807, 2.05) is 13.8 Å². The largest absolute Gasteiger partial charge is 0.0694 e. The maximum Gasteiger partial charge on any atom is 0.0468 e. The van der Waals surface area contributed by atoms with Gasteiger partial charge in [-0.2, -0.15) is 0 Å². The lowest BCUT2D eigenvalue weighted by atomic mass is 10.6. The van der Waals surface area contributed by atoms with E-state index in [1.165, 1.54) is 0 Å². The van der Waals surface area contributed by atoms with Gasteiger partial charge >= 0.3 is 0 Å². The van der Waals surface area contributed by atoms with Gasteiger partial charge in [0.05, 0.1) is 0 Å². The molecule has 0 nitrogen and oxygen atoms in total. The molecule has 0 fully saturated rings. The van der Waals surface area contributed by atoms with Gasteiger partial charge in [0.15, 0.2) is 0 Å². The van der Waals surface area contributed by atoms with Crippen LogP contribution in [0.1, 0.15) is 15.2 Å². The van der Waals surface area contributed by atoms with Gasteiger partial charge < -0.3 is 0 Å². The highest BCUT2D eigenvalue weighted by Crippen LogP contribution is 2.18. The second-order valence-corrected chi connectivity index (χ2v) is 8.75. The Labute approximate surface area is 49.3 Å². The molecular weight excluding hydrogens is 100 g/mol. The molecule has 0 aliphatic heterocycles. The highest BCUT2D eigenvalue weighted by atomic mass is 28.3. The van der Waals surface area contributed by atoms with Crippen LogP contribution in [0.2, 0.25) is 25.2 Å². The van der Waals surface area contributed by atoms with Crippen LogP contribution in [0.25, 0.3) is 0 Å². The van der Waals surface area contributed by atoms with Crippen LogP contribution in [-0.4, -0.2) is 8.07 Å². The Morgan fingerprint density at radius 3 is 1.43 bits per heavy atom. The summed E-state index contributed by atoms with van der Waals surface area (Å²) in [4.78, 5) is 0. The van der Waals surface area contributed by atoms with Crippen LogP contribution in [0.3, 0.4) is 0 Å². The summed E-state index contributed by atoms with van der Waals surface area (Å²) in [5.41, 5.74) is -0.174. The van der Waals surface area contributed by atoms with Crippen molar-refractivity contribution in [2.24, 2.45) is 0 Å². The summed E-state index contributed by atoms with van der Waals surface area (Å²) in [6, 6.07) is 0. The molecule has 1 heteroatoms. The Morgan fingerprint density at radius 1 is 1.29 bits per heavy atom. The number of hydrogen-bond donors (Lipinski definition) is 0. The zero-order valence-electron chi connectivity index (χ0n) is 7.00. The highest BCUT2D eigenvalue weighted by Gasteiger charge is 2.16. The smallest absolute Gasteiger partial charge is 0.0468 e. The third-order valence-electron chi connectivity index (χ3n) is 1.50. The lowest BCUT2D eigenvalue weighted by Gasteiger charge is -2.19. The maximum atomic E-state index is 7.65. The molecule has 0 atom stereocenters. The minimum atomic E-state index is -1.19. The Morgan fingerprint density at radius 2 is 1.43 bits per heavy atom. The first kappa shape index (κ1) is 5.36. The third-order valence-corrected chi connectivity index (χ3v) is 4.50. The van der Waals surface area contributed by atoms with Crippen molar-refractivity contribution in [1.29, 1.82) is 0 Å². The van der Waals surface area contributed by atoms with Gasteiger partial charge in [0, 0.05) is 9.44 Å². The third kappa shape index (κ3) is 2.86. The molecule has 0 aromatic heterocycles.